The molecule has 186 valence electrons. The largest absolute Gasteiger partial charge is 0.0590 e. The first-order valence-corrected chi connectivity index (χ1v) is 13.2. The molecule has 0 nitrogen and oxygen atoms in total. The Labute approximate surface area is 219 Å². The van der Waals surface area contributed by atoms with E-state index in [0.29, 0.717) is 0 Å². The molecule has 0 fully saturated rings. The summed E-state index contributed by atoms with van der Waals surface area (Å²) < 4.78 is 0. The second-order valence-electron chi connectivity index (χ2n) is 12.3. The highest BCUT2D eigenvalue weighted by atomic mass is 14.4. The minimum Gasteiger partial charge on any atom is -0.0590 e. The summed E-state index contributed by atoms with van der Waals surface area (Å²) in [5.74, 6) is 0. The van der Waals surface area contributed by atoms with Crippen molar-refractivity contribution in [1.29, 1.82) is 0 Å². The summed E-state index contributed by atoms with van der Waals surface area (Å²) in [5, 5.41) is 0. The van der Waals surface area contributed by atoms with E-state index in [9.17, 15) is 0 Å². The molecule has 0 amide bonds. The average Bonchev–Trinajstić information content (AvgIpc) is 2.84. The lowest BCUT2D eigenvalue weighted by molar-refractivity contribution is 0.595. The second kappa shape index (κ2) is 9.40. The second-order valence-corrected chi connectivity index (χ2v) is 12.3. The van der Waals surface area contributed by atoms with Gasteiger partial charge in [0.05, 0.1) is 0 Å². The van der Waals surface area contributed by atoms with Crippen LogP contribution in [0.1, 0.15) is 91.6 Å². The zero-order chi connectivity index (χ0) is 26.3. The molecule has 0 aliphatic rings. The smallest absolute Gasteiger partial charge is 0.0146 e. The molecule has 0 saturated heterocycles. The van der Waals surface area contributed by atoms with Crippen LogP contribution in [0.4, 0.5) is 0 Å². The van der Waals surface area contributed by atoms with Gasteiger partial charge in [-0.05, 0) is 54.2 Å². The van der Waals surface area contributed by atoms with Gasteiger partial charge in [0.1, 0.15) is 0 Å². The SMILES string of the molecule is Cc1ccc(C(C)(C)c2cc(C(C)(C)c3ccc(C)cc3)cc(C(C)(C)c3ccc(C)cc3)c2)cc1. The first kappa shape index (κ1) is 26.0. The fourth-order valence-corrected chi connectivity index (χ4v) is 5.12. The molecule has 4 aromatic rings. The molecule has 0 unspecified atom stereocenters. The van der Waals surface area contributed by atoms with Gasteiger partial charge in [-0.3, -0.25) is 0 Å². The molecular formula is C36H42. The van der Waals surface area contributed by atoms with Crippen molar-refractivity contribution in [2.45, 2.75) is 78.6 Å². The maximum Gasteiger partial charge on any atom is 0.0146 e. The summed E-state index contributed by atoms with van der Waals surface area (Å²) in [4.78, 5) is 0. The van der Waals surface area contributed by atoms with E-state index in [4.69, 9.17) is 0 Å². The number of hydrogen-bond acceptors (Lipinski definition) is 0. The summed E-state index contributed by atoms with van der Waals surface area (Å²) in [6.07, 6.45) is 0. The summed E-state index contributed by atoms with van der Waals surface area (Å²) in [5.41, 5.74) is 11.6. The van der Waals surface area contributed by atoms with E-state index in [-0.39, 0.29) is 16.2 Å². The van der Waals surface area contributed by atoms with Crippen molar-refractivity contribution >= 4 is 0 Å². The predicted molar refractivity (Wildman–Crippen MR) is 156 cm³/mol. The summed E-state index contributed by atoms with van der Waals surface area (Å²) >= 11 is 0. The van der Waals surface area contributed by atoms with Gasteiger partial charge in [-0.25, -0.2) is 0 Å². The Bertz CT molecular complexity index is 1150. The van der Waals surface area contributed by atoms with Crippen LogP contribution in [0.15, 0.2) is 91.0 Å². The van der Waals surface area contributed by atoms with Crippen molar-refractivity contribution < 1.29 is 0 Å². The van der Waals surface area contributed by atoms with Crippen molar-refractivity contribution in [2.75, 3.05) is 0 Å². The van der Waals surface area contributed by atoms with Gasteiger partial charge >= 0.3 is 0 Å². The molecule has 0 atom stereocenters. The molecule has 0 aliphatic carbocycles. The Morgan fingerprint density at radius 2 is 0.500 bits per heavy atom. The minimum absolute atomic E-state index is 0.120. The third kappa shape index (κ3) is 4.92. The first-order chi connectivity index (χ1) is 16.8. The molecule has 36 heavy (non-hydrogen) atoms. The number of rotatable bonds is 6. The molecular weight excluding hydrogens is 432 g/mol. The summed E-state index contributed by atoms with van der Waals surface area (Å²) in [6, 6.07) is 34.5. The highest BCUT2D eigenvalue weighted by Gasteiger charge is 2.32. The molecule has 4 aromatic carbocycles. The standard InChI is InChI=1S/C36H42/c1-25-10-16-28(17-11-25)34(4,5)31-22-32(35(6,7)29-18-12-26(2)13-19-29)24-33(23-31)36(8,9)30-20-14-27(3)15-21-30/h10-24H,1-9H3. The van der Waals surface area contributed by atoms with Gasteiger partial charge in [0.25, 0.3) is 0 Å². The number of aryl methyl sites for hydroxylation is 3. The van der Waals surface area contributed by atoms with Crippen molar-refractivity contribution in [3.8, 4) is 0 Å². The molecule has 4 rings (SSSR count). The molecule has 0 aromatic heterocycles. The van der Waals surface area contributed by atoms with E-state index in [2.05, 4.69) is 153 Å². The fourth-order valence-electron chi connectivity index (χ4n) is 5.12. The average molecular weight is 475 g/mol. The predicted octanol–water partition coefficient (Wildman–Crippen LogP) is 9.59. The lowest BCUT2D eigenvalue weighted by Crippen LogP contribution is -2.26. The summed E-state index contributed by atoms with van der Waals surface area (Å²) in [6.45, 7) is 20.6. The third-order valence-electron chi connectivity index (χ3n) is 8.42. The van der Waals surface area contributed by atoms with E-state index in [0.717, 1.165) is 0 Å². The van der Waals surface area contributed by atoms with Gasteiger partial charge in [0, 0.05) is 16.2 Å². The van der Waals surface area contributed by atoms with E-state index < -0.39 is 0 Å². The highest BCUT2D eigenvalue weighted by Crippen LogP contribution is 2.41. The van der Waals surface area contributed by atoms with Crippen LogP contribution in [0.5, 0.6) is 0 Å². The van der Waals surface area contributed by atoms with Gasteiger partial charge in [-0.15, -0.1) is 0 Å². The Hall–Kier alpha value is -3.12. The lowest BCUT2D eigenvalue weighted by Gasteiger charge is -2.35. The van der Waals surface area contributed by atoms with E-state index in [1.807, 2.05) is 0 Å². The minimum atomic E-state index is -0.120. The van der Waals surface area contributed by atoms with Crippen LogP contribution in [0, 0.1) is 20.8 Å². The molecule has 0 bridgehead atoms. The maximum absolute atomic E-state index is 2.45. The summed E-state index contributed by atoms with van der Waals surface area (Å²) in [7, 11) is 0. The molecule has 0 heterocycles. The van der Waals surface area contributed by atoms with Crippen molar-refractivity contribution in [2.24, 2.45) is 0 Å². The Kier molecular flexibility index (Phi) is 6.78. The van der Waals surface area contributed by atoms with Gasteiger partial charge in [-0.1, -0.05) is 149 Å². The molecule has 0 aliphatic heterocycles. The number of hydrogen-bond donors (Lipinski definition) is 0. The monoisotopic (exact) mass is 474 g/mol. The van der Waals surface area contributed by atoms with Gasteiger partial charge in [-0.2, -0.15) is 0 Å². The van der Waals surface area contributed by atoms with Crippen LogP contribution in [-0.4, -0.2) is 0 Å². The Morgan fingerprint density at radius 3 is 0.694 bits per heavy atom. The van der Waals surface area contributed by atoms with Crippen LogP contribution in [0.3, 0.4) is 0 Å². The van der Waals surface area contributed by atoms with Crippen LogP contribution < -0.4 is 0 Å². The van der Waals surface area contributed by atoms with Gasteiger partial charge in [0.15, 0.2) is 0 Å². The zero-order valence-electron chi connectivity index (χ0n) is 23.7. The normalized spacial score (nSPS) is 12.6. The fraction of sp³-hybridized carbons (Fsp3) is 0.333. The lowest BCUT2D eigenvalue weighted by atomic mass is 9.69. The topological polar surface area (TPSA) is 0 Å². The van der Waals surface area contributed by atoms with E-state index >= 15 is 0 Å². The van der Waals surface area contributed by atoms with E-state index in [1.165, 1.54) is 50.1 Å². The van der Waals surface area contributed by atoms with Crippen molar-refractivity contribution in [3.63, 3.8) is 0 Å². The zero-order valence-corrected chi connectivity index (χ0v) is 23.7. The number of benzene rings is 4. The van der Waals surface area contributed by atoms with Crippen LogP contribution in [0.2, 0.25) is 0 Å². The molecule has 0 spiro atoms. The Morgan fingerprint density at radius 1 is 0.306 bits per heavy atom. The molecule has 0 heteroatoms. The van der Waals surface area contributed by atoms with Crippen LogP contribution >= 0.6 is 0 Å². The van der Waals surface area contributed by atoms with E-state index in [1.54, 1.807) is 0 Å². The quantitative estimate of drug-likeness (QED) is 0.261. The molecule has 0 saturated carbocycles. The first-order valence-electron chi connectivity index (χ1n) is 13.2. The van der Waals surface area contributed by atoms with Gasteiger partial charge < -0.3 is 0 Å². The Balaban J connectivity index is 1.93. The van der Waals surface area contributed by atoms with Crippen molar-refractivity contribution in [1.82, 2.24) is 0 Å². The van der Waals surface area contributed by atoms with Gasteiger partial charge in [0.2, 0.25) is 0 Å². The van der Waals surface area contributed by atoms with Crippen molar-refractivity contribution in [3.05, 3.63) is 141 Å². The molecule has 0 radical (unpaired) electrons. The van der Waals surface area contributed by atoms with Crippen LogP contribution in [-0.2, 0) is 16.2 Å². The maximum atomic E-state index is 2.45. The molecule has 0 N–H and O–H groups in total. The highest BCUT2D eigenvalue weighted by molar-refractivity contribution is 5.51. The van der Waals surface area contributed by atoms with Crippen LogP contribution in [0.25, 0.3) is 0 Å². The third-order valence-corrected chi connectivity index (χ3v) is 8.42.